The van der Waals surface area contributed by atoms with Crippen LogP contribution in [-0.2, 0) is 6.42 Å². The first-order valence-electron chi connectivity index (χ1n) is 4.77. The zero-order valence-corrected chi connectivity index (χ0v) is 8.32. The summed E-state index contributed by atoms with van der Waals surface area (Å²) in [4.78, 5) is 8.20. The van der Waals surface area contributed by atoms with E-state index in [4.69, 9.17) is 5.11 Å². The van der Waals surface area contributed by atoms with E-state index in [2.05, 4.69) is 28.7 Å². The predicted octanol–water partition coefficient (Wildman–Crippen LogP) is 1.16. The maximum atomic E-state index is 8.53. The number of hydrogen-bond donors (Lipinski definition) is 1. The molecular formula is C11H14N2O. The Balaban J connectivity index is 2.53. The molecule has 74 valence electrons. The van der Waals surface area contributed by atoms with Gasteiger partial charge in [-0.2, -0.15) is 0 Å². The minimum atomic E-state index is 0.185. The van der Waals surface area contributed by atoms with Crippen LogP contribution in [0.3, 0.4) is 0 Å². The van der Waals surface area contributed by atoms with Gasteiger partial charge in [-0.05, 0) is 24.3 Å². The minimum Gasteiger partial charge on any atom is -0.396 e. The number of rotatable bonds is 3. The van der Waals surface area contributed by atoms with Crippen LogP contribution in [0.2, 0.25) is 0 Å². The minimum absolute atomic E-state index is 0.185. The normalized spacial score (nSPS) is 9.29. The Labute approximate surface area is 84.2 Å². The third kappa shape index (κ3) is 3.55. The second-order valence-electron chi connectivity index (χ2n) is 2.90. The third-order valence-electron chi connectivity index (χ3n) is 1.77. The van der Waals surface area contributed by atoms with Crippen molar-refractivity contribution in [1.29, 1.82) is 0 Å². The molecule has 1 rings (SSSR count). The molecule has 0 fully saturated rings. The van der Waals surface area contributed by atoms with Gasteiger partial charge in [0.2, 0.25) is 5.82 Å². The van der Waals surface area contributed by atoms with Crippen LogP contribution in [0, 0.1) is 11.8 Å². The molecule has 0 atom stereocenters. The van der Waals surface area contributed by atoms with E-state index in [1.54, 1.807) is 12.4 Å². The van der Waals surface area contributed by atoms with Crippen molar-refractivity contribution in [3.8, 4) is 11.8 Å². The van der Waals surface area contributed by atoms with E-state index < -0.39 is 0 Å². The summed E-state index contributed by atoms with van der Waals surface area (Å²) in [6.07, 6.45) is 5.93. The molecule has 0 radical (unpaired) electrons. The third-order valence-corrected chi connectivity index (χ3v) is 1.77. The summed E-state index contributed by atoms with van der Waals surface area (Å²) in [5.41, 5.74) is 1.12. The molecular weight excluding hydrogens is 176 g/mol. The Bertz CT molecular complexity index is 321. The number of aliphatic hydroxyl groups excluding tert-OH is 1. The molecule has 0 aliphatic carbocycles. The van der Waals surface area contributed by atoms with Gasteiger partial charge in [0.1, 0.15) is 0 Å². The Morgan fingerprint density at radius 3 is 2.64 bits per heavy atom. The molecule has 0 amide bonds. The van der Waals surface area contributed by atoms with Gasteiger partial charge in [0.25, 0.3) is 0 Å². The predicted molar refractivity (Wildman–Crippen MR) is 54.6 cm³/mol. The highest BCUT2D eigenvalue weighted by Crippen LogP contribution is 1.95. The lowest BCUT2D eigenvalue weighted by Crippen LogP contribution is -1.90. The Kier molecular flexibility index (Phi) is 4.66. The van der Waals surface area contributed by atoms with Crippen molar-refractivity contribution < 1.29 is 5.11 Å². The number of nitrogens with zero attached hydrogens (tertiary/aromatic N) is 2. The lowest BCUT2D eigenvalue weighted by Gasteiger charge is -1.93. The van der Waals surface area contributed by atoms with E-state index in [0.29, 0.717) is 18.7 Å². The molecule has 0 aromatic carbocycles. The molecule has 0 spiro atoms. The van der Waals surface area contributed by atoms with Crippen LogP contribution in [0.25, 0.3) is 0 Å². The van der Waals surface area contributed by atoms with Crippen molar-refractivity contribution in [3.05, 3.63) is 23.8 Å². The number of aromatic nitrogens is 2. The van der Waals surface area contributed by atoms with E-state index >= 15 is 0 Å². The lowest BCUT2D eigenvalue weighted by molar-refractivity contribution is 0.290. The van der Waals surface area contributed by atoms with Crippen molar-refractivity contribution in [2.75, 3.05) is 6.61 Å². The van der Waals surface area contributed by atoms with Crippen LogP contribution in [-0.4, -0.2) is 21.7 Å². The molecule has 0 saturated carbocycles. The quantitative estimate of drug-likeness (QED) is 0.574. The van der Waals surface area contributed by atoms with Crippen molar-refractivity contribution in [2.45, 2.75) is 26.2 Å². The van der Waals surface area contributed by atoms with Crippen molar-refractivity contribution >= 4 is 0 Å². The van der Waals surface area contributed by atoms with E-state index in [9.17, 15) is 0 Å². The van der Waals surface area contributed by atoms with Crippen molar-refractivity contribution in [2.24, 2.45) is 0 Å². The molecule has 1 heterocycles. The summed E-state index contributed by atoms with van der Waals surface area (Å²) in [5, 5.41) is 8.53. The summed E-state index contributed by atoms with van der Waals surface area (Å²) in [6.45, 7) is 2.25. The van der Waals surface area contributed by atoms with Gasteiger partial charge in [-0.3, -0.25) is 0 Å². The second kappa shape index (κ2) is 6.11. The van der Waals surface area contributed by atoms with E-state index in [1.807, 2.05) is 0 Å². The molecule has 1 N–H and O–H groups in total. The molecule has 3 nitrogen and oxygen atoms in total. The average molecular weight is 190 g/mol. The average Bonchev–Trinajstić information content (AvgIpc) is 2.25. The summed E-state index contributed by atoms with van der Waals surface area (Å²) in [5.74, 6) is 6.31. The number of unbranched alkanes of at least 4 members (excludes halogenated alkanes) is 1. The van der Waals surface area contributed by atoms with Crippen molar-refractivity contribution in [1.82, 2.24) is 9.97 Å². The van der Waals surface area contributed by atoms with Gasteiger partial charge in [-0.1, -0.05) is 12.8 Å². The number of hydrogen-bond acceptors (Lipinski definition) is 3. The van der Waals surface area contributed by atoms with Crippen molar-refractivity contribution in [3.63, 3.8) is 0 Å². The van der Waals surface area contributed by atoms with Gasteiger partial charge in [-0.25, -0.2) is 9.97 Å². The zero-order chi connectivity index (χ0) is 10.2. The molecule has 0 aliphatic rings. The SMILES string of the molecule is CCc1cnc(C#CCCCO)nc1. The molecule has 0 aliphatic heterocycles. The monoisotopic (exact) mass is 190 g/mol. The second-order valence-corrected chi connectivity index (χ2v) is 2.90. The molecule has 3 heteroatoms. The largest absolute Gasteiger partial charge is 0.396 e. The molecule has 1 aromatic heterocycles. The highest BCUT2D eigenvalue weighted by atomic mass is 16.2. The maximum Gasteiger partial charge on any atom is 0.204 e. The van der Waals surface area contributed by atoms with Gasteiger partial charge in [0.05, 0.1) is 0 Å². The molecule has 14 heavy (non-hydrogen) atoms. The summed E-state index contributed by atoms with van der Waals surface area (Å²) >= 11 is 0. The standard InChI is InChI=1S/C11H14N2O/c1-2-10-8-12-11(13-9-10)6-4-3-5-7-14/h8-9,14H,2-3,5,7H2,1H3. The fourth-order valence-corrected chi connectivity index (χ4v) is 0.911. The molecule has 0 unspecified atom stereocenters. The zero-order valence-electron chi connectivity index (χ0n) is 8.32. The number of aliphatic hydroxyl groups is 1. The first kappa shape index (κ1) is 10.7. The van der Waals surface area contributed by atoms with Crippen LogP contribution in [0.1, 0.15) is 31.2 Å². The molecule has 0 saturated heterocycles. The van der Waals surface area contributed by atoms with Gasteiger partial charge < -0.3 is 5.11 Å². The highest BCUT2D eigenvalue weighted by molar-refractivity contribution is 5.21. The maximum absolute atomic E-state index is 8.53. The summed E-state index contributed by atoms with van der Waals surface area (Å²) in [6, 6.07) is 0. The Morgan fingerprint density at radius 2 is 2.07 bits per heavy atom. The van der Waals surface area contributed by atoms with E-state index in [1.165, 1.54) is 0 Å². The summed E-state index contributed by atoms with van der Waals surface area (Å²) < 4.78 is 0. The smallest absolute Gasteiger partial charge is 0.204 e. The highest BCUT2D eigenvalue weighted by Gasteiger charge is 1.91. The van der Waals surface area contributed by atoms with E-state index in [0.717, 1.165) is 12.0 Å². The van der Waals surface area contributed by atoms with Gasteiger partial charge in [-0.15, -0.1) is 0 Å². The van der Waals surface area contributed by atoms with Gasteiger partial charge >= 0.3 is 0 Å². The number of aryl methyl sites for hydroxylation is 1. The first-order chi connectivity index (χ1) is 6.86. The first-order valence-corrected chi connectivity index (χ1v) is 4.77. The van der Waals surface area contributed by atoms with Gasteiger partial charge in [0.15, 0.2) is 0 Å². The fraction of sp³-hybridized carbons (Fsp3) is 0.455. The Hall–Kier alpha value is -1.40. The fourth-order valence-electron chi connectivity index (χ4n) is 0.911. The topological polar surface area (TPSA) is 46.0 Å². The lowest BCUT2D eigenvalue weighted by atomic mass is 10.3. The van der Waals surface area contributed by atoms with Crippen LogP contribution in [0.4, 0.5) is 0 Å². The molecule has 0 bridgehead atoms. The Morgan fingerprint density at radius 1 is 1.36 bits per heavy atom. The van der Waals surface area contributed by atoms with Crippen LogP contribution in [0.5, 0.6) is 0 Å². The molecule has 1 aromatic rings. The van der Waals surface area contributed by atoms with Crippen LogP contribution < -0.4 is 0 Å². The summed E-state index contributed by atoms with van der Waals surface area (Å²) in [7, 11) is 0. The van der Waals surface area contributed by atoms with Gasteiger partial charge in [0, 0.05) is 25.4 Å². The van der Waals surface area contributed by atoms with Crippen LogP contribution >= 0.6 is 0 Å². The van der Waals surface area contributed by atoms with E-state index in [-0.39, 0.29) is 6.61 Å². The van der Waals surface area contributed by atoms with Crippen LogP contribution in [0.15, 0.2) is 12.4 Å².